The highest BCUT2D eigenvalue weighted by molar-refractivity contribution is 6.30. The number of aromatic nitrogens is 2. The zero-order valence-corrected chi connectivity index (χ0v) is 20.0. The summed E-state index contributed by atoms with van der Waals surface area (Å²) in [6.07, 6.45) is 0.0425. The topological polar surface area (TPSA) is 137 Å². The average molecular weight is 516 g/mol. The lowest BCUT2D eigenvalue weighted by molar-refractivity contribution is -0.170. The lowest BCUT2D eigenvalue weighted by Crippen LogP contribution is -2.67. The molecule has 12 heteroatoms. The van der Waals surface area contributed by atoms with E-state index in [1.165, 1.54) is 16.8 Å². The van der Waals surface area contributed by atoms with Gasteiger partial charge in [-0.25, -0.2) is 9.18 Å². The smallest absolute Gasteiger partial charge is 0.328 e. The van der Waals surface area contributed by atoms with E-state index in [1.54, 1.807) is 37.3 Å². The number of fused-ring (bicyclic) bond motifs is 1. The van der Waals surface area contributed by atoms with Crippen molar-refractivity contribution < 1.29 is 28.3 Å². The molecule has 3 aromatic rings. The van der Waals surface area contributed by atoms with E-state index in [0.717, 1.165) is 4.90 Å². The number of para-hydroxylation sites is 1. The Kier molecular flexibility index (Phi) is 7.20. The van der Waals surface area contributed by atoms with E-state index in [4.69, 9.17) is 22.1 Å². The van der Waals surface area contributed by atoms with Gasteiger partial charge in [0.25, 0.3) is 5.91 Å². The predicted molar refractivity (Wildman–Crippen MR) is 127 cm³/mol. The molecule has 2 heterocycles. The number of esters is 1. The average Bonchev–Trinajstić information content (AvgIpc) is 3.18. The summed E-state index contributed by atoms with van der Waals surface area (Å²) in [5.74, 6) is -3.19. The van der Waals surface area contributed by atoms with Crippen LogP contribution in [0.15, 0.2) is 42.5 Å². The van der Waals surface area contributed by atoms with Gasteiger partial charge >= 0.3 is 5.97 Å². The Bertz CT molecular complexity index is 1360. The molecule has 4 rings (SSSR count). The molecule has 0 spiro atoms. The second kappa shape index (κ2) is 10.3. The van der Waals surface area contributed by atoms with E-state index in [0.29, 0.717) is 10.9 Å². The van der Waals surface area contributed by atoms with Crippen molar-refractivity contribution in [3.05, 3.63) is 64.6 Å². The van der Waals surface area contributed by atoms with E-state index in [2.05, 4.69) is 10.4 Å². The first-order chi connectivity index (χ1) is 17.2. The van der Waals surface area contributed by atoms with E-state index < -0.39 is 41.6 Å². The molecule has 0 saturated carbocycles. The maximum atomic E-state index is 14.2. The molecule has 188 valence electrons. The number of amides is 3. The highest BCUT2D eigenvalue weighted by Crippen LogP contribution is 2.29. The van der Waals surface area contributed by atoms with Crippen molar-refractivity contribution in [1.29, 1.82) is 0 Å². The monoisotopic (exact) mass is 515 g/mol. The van der Waals surface area contributed by atoms with Crippen LogP contribution < -0.4 is 11.1 Å². The molecule has 2 aromatic carbocycles. The molecule has 1 aromatic heterocycles. The fraction of sp³-hybridized carbons (Fsp3) is 0.292. The van der Waals surface area contributed by atoms with Gasteiger partial charge in [0.15, 0.2) is 5.69 Å². The molecular weight excluding hydrogens is 493 g/mol. The number of primary amides is 1. The SMILES string of the molecule is CCOC(=O)[C@@H]1C[C@@H](C(=O)NCc2cccc(Cl)c2F)N1C(=O)Cn1nc(C(N)=O)c2ccccc21. The highest BCUT2D eigenvalue weighted by Gasteiger charge is 2.50. The highest BCUT2D eigenvalue weighted by atomic mass is 35.5. The van der Waals surface area contributed by atoms with E-state index in [9.17, 15) is 23.6 Å². The number of rotatable bonds is 8. The zero-order valence-electron chi connectivity index (χ0n) is 19.2. The standard InChI is InChI=1S/C24H23ClFN5O5/c1-2-36-24(35)18-10-17(23(34)28-11-13-6-5-8-15(25)20(13)26)31(18)19(32)12-30-16-9-4-3-7-14(16)21(29-30)22(27)33/h3-9,17-18H,2,10-12H2,1H3,(H2,27,33)(H,28,34)/t17-,18-/m0/s1. The van der Waals surface area contributed by atoms with Gasteiger partial charge in [0.1, 0.15) is 24.4 Å². The summed E-state index contributed by atoms with van der Waals surface area (Å²) in [4.78, 5) is 51.6. The molecular formula is C24H23ClFN5O5. The Morgan fingerprint density at radius 2 is 1.92 bits per heavy atom. The minimum atomic E-state index is -0.980. The molecule has 10 nitrogen and oxygen atoms in total. The van der Waals surface area contributed by atoms with Crippen LogP contribution >= 0.6 is 11.6 Å². The fourth-order valence-corrected chi connectivity index (χ4v) is 4.37. The summed E-state index contributed by atoms with van der Waals surface area (Å²) in [6, 6.07) is 9.22. The number of carbonyl (C=O) groups excluding carboxylic acids is 4. The largest absolute Gasteiger partial charge is 0.464 e. The van der Waals surface area contributed by atoms with Crippen LogP contribution in [0.5, 0.6) is 0 Å². The Morgan fingerprint density at radius 1 is 1.17 bits per heavy atom. The Hall–Kier alpha value is -3.99. The van der Waals surface area contributed by atoms with Gasteiger partial charge in [0.2, 0.25) is 11.8 Å². The van der Waals surface area contributed by atoms with Crippen LogP contribution in [0, 0.1) is 5.82 Å². The number of carbonyl (C=O) groups is 4. The molecule has 1 fully saturated rings. The van der Waals surface area contributed by atoms with Gasteiger partial charge in [-0.3, -0.25) is 19.1 Å². The molecule has 0 aliphatic carbocycles. The molecule has 0 radical (unpaired) electrons. The van der Waals surface area contributed by atoms with Crippen molar-refractivity contribution in [3.63, 3.8) is 0 Å². The van der Waals surface area contributed by atoms with Crippen molar-refractivity contribution in [2.45, 2.75) is 38.5 Å². The number of likely N-dealkylation sites (tertiary alicyclic amines) is 1. The zero-order chi connectivity index (χ0) is 26.0. The van der Waals surface area contributed by atoms with Crippen molar-refractivity contribution in [2.75, 3.05) is 6.61 Å². The summed E-state index contributed by atoms with van der Waals surface area (Å²) in [5, 5.41) is 7.15. The number of ether oxygens (including phenoxy) is 1. The van der Waals surface area contributed by atoms with E-state index in [-0.39, 0.29) is 42.4 Å². The number of nitrogens with zero attached hydrogens (tertiary/aromatic N) is 3. The van der Waals surface area contributed by atoms with Crippen molar-refractivity contribution >= 4 is 46.2 Å². The second-order valence-electron chi connectivity index (χ2n) is 8.14. The minimum Gasteiger partial charge on any atom is -0.464 e. The van der Waals surface area contributed by atoms with Crippen LogP contribution in [-0.2, 0) is 32.2 Å². The number of benzene rings is 2. The Balaban J connectivity index is 1.55. The van der Waals surface area contributed by atoms with Gasteiger partial charge in [-0.1, -0.05) is 41.9 Å². The first-order valence-corrected chi connectivity index (χ1v) is 11.5. The van der Waals surface area contributed by atoms with E-state index in [1.807, 2.05) is 0 Å². The van der Waals surface area contributed by atoms with Crippen molar-refractivity contribution in [1.82, 2.24) is 20.0 Å². The summed E-state index contributed by atoms with van der Waals surface area (Å²) in [5.41, 5.74) is 6.09. The van der Waals surface area contributed by atoms with Crippen LogP contribution in [0.1, 0.15) is 29.4 Å². The minimum absolute atomic E-state index is 0.00166. The van der Waals surface area contributed by atoms with Gasteiger partial charge in [-0.2, -0.15) is 5.10 Å². The fourth-order valence-electron chi connectivity index (χ4n) is 4.17. The van der Waals surface area contributed by atoms with Gasteiger partial charge in [0.05, 0.1) is 17.1 Å². The van der Waals surface area contributed by atoms with Crippen LogP contribution in [0.25, 0.3) is 10.9 Å². The summed E-state index contributed by atoms with van der Waals surface area (Å²) in [7, 11) is 0. The molecule has 1 aliphatic heterocycles. The summed E-state index contributed by atoms with van der Waals surface area (Å²) in [6.45, 7) is 1.23. The normalized spacial score (nSPS) is 16.9. The third-order valence-electron chi connectivity index (χ3n) is 5.93. The molecule has 1 aliphatic rings. The lowest BCUT2D eigenvalue weighted by Gasteiger charge is -2.45. The lowest BCUT2D eigenvalue weighted by atomic mass is 9.91. The van der Waals surface area contributed by atoms with E-state index >= 15 is 0 Å². The van der Waals surface area contributed by atoms with Crippen LogP contribution in [0.2, 0.25) is 5.02 Å². The van der Waals surface area contributed by atoms with Crippen LogP contribution in [-0.4, -0.2) is 57.1 Å². The number of nitrogens with two attached hydrogens (primary N) is 1. The number of halogens is 2. The third-order valence-corrected chi connectivity index (χ3v) is 6.22. The van der Waals surface area contributed by atoms with Crippen LogP contribution in [0.3, 0.4) is 0 Å². The Labute approximate surface area is 210 Å². The van der Waals surface area contributed by atoms with Crippen molar-refractivity contribution in [2.24, 2.45) is 5.73 Å². The number of hydrogen-bond donors (Lipinski definition) is 2. The molecule has 2 atom stereocenters. The predicted octanol–water partition coefficient (Wildman–Crippen LogP) is 1.78. The molecule has 3 amide bonds. The van der Waals surface area contributed by atoms with Gasteiger partial charge in [-0.05, 0) is 19.1 Å². The van der Waals surface area contributed by atoms with Gasteiger partial charge in [-0.15, -0.1) is 0 Å². The first kappa shape index (κ1) is 25.1. The Morgan fingerprint density at radius 3 is 2.64 bits per heavy atom. The van der Waals surface area contributed by atoms with Crippen LogP contribution in [0.4, 0.5) is 4.39 Å². The quantitative estimate of drug-likeness (QED) is 0.439. The second-order valence-corrected chi connectivity index (χ2v) is 8.55. The molecule has 0 bridgehead atoms. The molecule has 0 unspecified atom stereocenters. The maximum Gasteiger partial charge on any atom is 0.328 e. The van der Waals surface area contributed by atoms with Gasteiger partial charge < -0.3 is 20.7 Å². The number of hydrogen-bond acceptors (Lipinski definition) is 6. The summed E-state index contributed by atoms with van der Waals surface area (Å²) < 4.78 is 20.5. The first-order valence-electron chi connectivity index (χ1n) is 11.2. The third kappa shape index (κ3) is 4.74. The molecule has 1 saturated heterocycles. The van der Waals surface area contributed by atoms with Crippen molar-refractivity contribution in [3.8, 4) is 0 Å². The maximum absolute atomic E-state index is 14.2. The van der Waals surface area contributed by atoms with Gasteiger partial charge in [0, 0.05) is 23.9 Å². The summed E-state index contributed by atoms with van der Waals surface area (Å²) >= 11 is 5.79. The molecule has 3 N–H and O–H groups in total. The molecule has 36 heavy (non-hydrogen) atoms. The number of nitrogens with one attached hydrogen (secondary N) is 1.